The summed E-state index contributed by atoms with van der Waals surface area (Å²) >= 11 is 0. The van der Waals surface area contributed by atoms with Crippen LogP contribution in [0.4, 0.5) is 4.79 Å². The van der Waals surface area contributed by atoms with E-state index in [0.29, 0.717) is 67.1 Å². The van der Waals surface area contributed by atoms with Gasteiger partial charge in [0, 0.05) is 50.9 Å². The fourth-order valence-corrected chi connectivity index (χ4v) is 5.94. The number of aromatic nitrogens is 2. The second kappa shape index (κ2) is 16.1. The third-order valence-electron chi connectivity index (χ3n) is 8.44. The van der Waals surface area contributed by atoms with E-state index < -0.39 is 35.5 Å². The van der Waals surface area contributed by atoms with Gasteiger partial charge in [0.1, 0.15) is 17.1 Å². The second-order valence-corrected chi connectivity index (χ2v) is 13.2. The van der Waals surface area contributed by atoms with Crippen LogP contribution in [0.1, 0.15) is 56.2 Å². The van der Waals surface area contributed by atoms with Crippen molar-refractivity contribution >= 4 is 34.7 Å². The number of nitrogens with one attached hydrogen (secondary N) is 2. The molecule has 2 fully saturated rings. The fourth-order valence-electron chi connectivity index (χ4n) is 5.94. The van der Waals surface area contributed by atoms with Gasteiger partial charge >= 0.3 is 6.09 Å². The lowest BCUT2D eigenvalue weighted by Gasteiger charge is -2.35. The quantitative estimate of drug-likeness (QED) is 0.238. The highest BCUT2D eigenvalue weighted by molar-refractivity contribution is 6.07. The summed E-state index contributed by atoms with van der Waals surface area (Å²) in [5.41, 5.74) is 0.433. The molecule has 5 rings (SSSR count). The Morgan fingerprint density at radius 1 is 1.08 bits per heavy atom. The average molecular weight is 680 g/mol. The number of amides is 4. The van der Waals surface area contributed by atoms with Crippen LogP contribution >= 0.6 is 0 Å². The van der Waals surface area contributed by atoms with Crippen molar-refractivity contribution in [3.63, 3.8) is 0 Å². The van der Waals surface area contributed by atoms with E-state index >= 15 is 0 Å². The number of nitrogens with zero attached hydrogens (tertiary/aromatic N) is 5. The van der Waals surface area contributed by atoms with Gasteiger partial charge in [-0.25, -0.2) is 9.78 Å². The molecule has 0 bridgehead atoms. The number of hydrogen-bond donors (Lipinski definition) is 3. The Morgan fingerprint density at radius 2 is 1.88 bits per heavy atom. The van der Waals surface area contributed by atoms with E-state index in [1.54, 1.807) is 29.2 Å². The van der Waals surface area contributed by atoms with Crippen LogP contribution in [-0.4, -0.2) is 124 Å². The average Bonchev–Trinajstić information content (AvgIpc) is 3.80. The summed E-state index contributed by atoms with van der Waals surface area (Å²) in [7, 11) is 0. The summed E-state index contributed by atoms with van der Waals surface area (Å²) < 4.78 is 16.6. The van der Waals surface area contributed by atoms with Gasteiger partial charge in [0.2, 0.25) is 5.91 Å². The maximum atomic E-state index is 13.3. The zero-order valence-electron chi connectivity index (χ0n) is 28.2. The molecule has 264 valence electrons. The van der Waals surface area contributed by atoms with Crippen LogP contribution in [0.3, 0.4) is 0 Å². The molecule has 15 nitrogen and oxygen atoms in total. The maximum absolute atomic E-state index is 13.3. The largest absolute Gasteiger partial charge is 0.494 e. The highest BCUT2D eigenvalue weighted by Crippen LogP contribution is 2.24. The Kier molecular flexibility index (Phi) is 11.7. The third kappa shape index (κ3) is 9.66. The van der Waals surface area contributed by atoms with Crippen molar-refractivity contribution in [2.45, 2.75) is 64.3 Å². The lowest BCUT2D eigenvalue weighted by atomic mass is 10.1. The molecule has 4 heterocycles. The van der Waals surface area contributed by atoms with Gasteiger partial charge in [-0.2, -0.15) is 0 Å². The molecule has 0 aliphatic carbocycles. The molecule has 2 saturated heterocycles. The monoisotopic (exact) mass is 679 g/mol. The van der Waals surface area contributed by atoms with Crippen molar-refractivity contribution in [3.05, 3.63) is 54.4 Å². The standard InChI is InChI=1S/C34H45N7O8/c1-34(2,3)49-33(46)40-15-13-39(14-16-40)11-5-17-47-23-7-8-27-26(18-23)25(9-10-36-27)31(44)38-21-29(42)41-12-4-6-28(41)30(43)32(45)37-20-24-19-35-22-48-24/h7-10,18-19,22,28,30,43H,4-6,11-17,20-21H2,1-3H3,(H,37,45)(H,38,44)/t28-,30?/m0/s1. The molecule has 0 spiro atoms. The Bertz CT molecular complexity index is 1600. The van der Waals surface area contributed by atoms with E-state index in [-0.39, 0.29) is 19.2 Å². The summed E-state index contributed by atoms with van der Waals surface area (Å²) in [6.07, 6.45) is 4.39. The van der Waals surface area contributed by atoms with E-state index in [4.69, 9.17) is 13.9 Å². The number of aliphatic hydroxyl groups is 1. The molecule has 15 heteroatoms. The first-order valence-electron chi connectivity index (χ1n) is 16.6. The Hall–Kier alpha value is -4.76. The van der Waals surface area contributed by atoms with Gasteiger partial charge < -0.3 is 39.4 Å². The van der Waals surface area contributed by atoms with Crippen LogP contribution in [0.2, 0.25) is 0 Å². The molecule has 4 amide bonds. The van der Waals surface area contributed by atoms with Crippen molar-refractivity contribution in [1.29, 1.82) is 0 Å². The number of hydrogen-bond acceptors (Lipinski definition) is 11. The minimum absolute atomic E-state index is 0.0650. The molecule has 49 heavy (non-hydrogen) atoms. The topological polar surface area (TPSA) is 180 Å². The lowest BCUT2D eigenvalue weighted by Crippen LogP contribution is -2.51. The predicted molar refractivity (Wildman–Crippen MR) is 178 cm³/mol. The van der Waals surface area contributed by atoms with Crippen LogP contribution in [-0.2, 0) is 20.9 Å². The van der Waals surface area contributed by atoms with Gasteiger partial charge in [-0.15, -0.1) is 0 Å². The number of aliphatic hydroxyl groups excluding tert-OH is 1. The van der Waals surface area contributed by atoms with Gasteiger partial charge in [0.25, 0.3) is 11.8 Å². The first-order chi connectivity index (χ1) is 23.5. The highest BCUT2D eigenvalue weighted by atomic mass is 16.6. The van der Waals surface area contributed by atoms with Gasteiger partial charge in [-0.05, 0) is 64.3 Å². The fraction of sp³-hybridized carbons (Fsp3) is 0.529. The summed E-state index contributed by atoms with van der Waals surface area (Å²) in [5.74, 6) is -0.440. The number of benzene rings is 1. The zero-order chi connectivity index (χ0) is 35.0. The van der Waals surface area contributed by atoms with E-state index in [2.05, 4.69) is 25.5 Å². The van der Waals surface area contributed by atoms with E-state index in [9.17, 15) is 24.3 Å². The number of oxazole rings is 1. The van der Waals surface area contributed by atoms with Gasteiger partial charge in [0.05, 0.1) is 43.0 Å². The molecule has 0 radical (unpaired) electrons. The molecule has 2 aromatic heterocycles. The number of fused-ring (bicyclic) bond motifs is 1. The molecule has 2 aliphatic heterocycles. The predicted octanol–water partition coefficient (Wildman–Crippen LogP) is 1.94. The van der Waals surface area contributed by atoms with Gasteiger partial charge in [-0.1, -0.05) is 0 Å². The van der Waals surface area contributed by atoms with Crippen LogP contribution in [0, 0.1) is 0 Å². The molecule has 3 N–H and O–H groups in total. The van der Waals surface area contributed by atoms with E-state index in [1.165, 1.54) is 23.7 Å². The van der Waals surface area contributed by atoms with Crippen molar-refractivity contribution < 1.29 is 38.2 Å². The molecule has 1 aromatic carbocycles. The summed E-state index contributed by atoms with van der Waals surface area (Å²) in [6, 6.07) is 6.24. The highest BCUT2D eigenvalue weighted by Gasteiger charge is 2.37. The normalized spacial score (nSPS) is 17.5. The minimum Gasteiger partial charge on any atom is -0.494 e. The summed E-state index contributed by atoms with van der Waals surface area (Å²) in [5, 5.41) is 16.6. The number of carbonyl (C=O) groups is 4. The Morgan fingerprint density at radius 3 is 2.61 bits per heavy atom. The second-order valence-electron chi connectivity index (χ2n) is 13.2. The molecule has 0 saturated carbocycles. The molecule has 1 unspecified atom stereocenters. The zero-order valence-corrected chi connectivity index (χ0v) is 28.2. The number of pyridine rings is 1. The Balaban J connectivity index is 1.08. The minimum atomic E-state index is -1.43. The van der Waals surface area contributed by atoms with Crippen molar-refractivity contribution in [2.75, 3.05) is 52.4 Å². The molecular formula is C34H45N7O8. The third-order valence-corrected chi connectivity index (χ3v) is 8.44. The van der Waals surface area contributed by atoms with E-state index in [1.807, 2.05) is 20.8 Å². The van der Waals surface area contributed by atoms with Crippen molar-refractivity contribution in [2.24, 2.45) is 0 Å². The number of likely N-dealkylation sites (tertiary alicyclic amines) is 1. The first-order valence-corrected chi connectivity index (χ1v) is 16.6. The van der Waals surface area contributed by atoms with Crippen molar-refractivity contribution in [3.8, 4) is 5.75 Å². The van der Waals surface area contributed by atoms with Crippen LogP contribution in [0.15, 0.2) is 47.5 Å². The summed E-state index contributed by atoms with van der Waals surface area (Å²) in [6.45, 7) is 9.77. The van der Waals surface area contributed by atoms with Crippen molar-refractivity contribution in [1.82, 2.24) is 35.3 Å². The molecular weight excluding hydrogens is 634 g/mol. The molecule has 3 aromatic rings. The SMILES string of the molecule is CC(C)(C)OC(=O)N1CCN(CCCOc2ccc3nccc(C(=O)NCC(=O)N4CCC[C@H]4C(O)C(=O)NCc4cnco4)c3c2)CC1. The Labute approximate surface area is 284 Å². The van der Waals surface area contributed by atoms with Gasteiger partial charge in [0.15, 0.2) is 12.5 Å². The molecule has 2 atom stereocenters. The number of carbonyl (C=O) groups excluding carboxylic acids is 4. The van der Waals surface area contributed by atoms with E-state index in [0.717, 1.165) is 26.1 Å². The number of piperazine rings is 1. The first kappa shape index (κ1) is 35.5. The van der Waals surface area contributed by atoms with Crippen LogP contribution in [0.5, 0.6) is 5.75 Å². The van der Waals surface area contributed by atoms with Crippen LogP contribution < -0.4 is 15.4 Å². The maximum Gasteiger partial charge on any atom is 0.410 e. The smallest absolute Gasteiger partial charge is 0.410 e. The van der Waals surface area contributed by atoms with Crippen LogP contribution in [0.25, 0.3) is 10.9 Å². The molecule has 2 aliphatic rings. The number of rotatable bonds is 12. The van der Waals surface area contributed by atoms with Gasteiger partial charge in [-0.3, -0.25) is 24.3 Å². The number of ether oxygens (including phenoxy) is 2. The summed E-state index contributed by atoms with van der Waals surface area (Å²) in [4.78, 5) is 64.9. The lowest BCUT2D eigenvalue weighted by molar-refractivity contribution is -0.139.